The smallest absolute Gasteiger partial charge is 0.293 e. The number of anilines is 1. The lowest BCUT2D eigenvalue weighted by Gasteiger charge is -2.53. The number of nitro groups is 1. The minimum atomic E-state index is -4.45. The Bertz CT molecular complexity index is 1910. The van der Waals surface area contributed by atoms with E-state index in [0.717, 1.165) is 107 Å². The summed E-state index contributed by atoms with van der Waals surface area (Å²) in [5, 5.41) is 28.6. The van der Waals surface area contributed by atoms with Crippen molar-refractivity contribution < 1.29 is 37.5 Å². The van der Waals surface area contributed by atoms with Gasteiger partial charge in [0.15, 0.2) is 0 Å². The van der Waals surface area contributed by atoms with Gasteiger partial charge in [0, 0.05) is 43.4 Å². The molecule has 4 fully saturated rings. The van der Waals surface area contributed by atoms with Crippen LogP contribution in [-0.2, 0) is 21.2 Å². The Morgan fingerprint density at radius 2 is 1.58 bits per heavy atom. The monoisotopic (exact) mass is 748 g/mol. The molecule has 3 N–H and O–H groups in total. The number of carbonyl (C=O) groups excluding carboxylic acids is 2. The largest absolute Gasteiger partial charge is 0.530 e. The maximum Gasteiger partial charge on any atom is 0.293 e. The Labute approximate surface area is 309 Å². The van der Waals surface area contributed by atoms with Crippen LogP contribution >= 0.6 is 0 Å². The molecule has 53 heavy (non-hydrogen) atoms. The summed E-state index contributed by atoms with van der Waals surface area (Å²) in [6.07, 6.45) is 5.70. The molecule has 14 nitrogen and oxygen atoms in total. The van der Waals surface area contributed by atoms with Crippen LogP contribution in [0.15, 0.2) is 65.6 Å². The number of rotatable bonds is 15. The molecule has 7 rings (SSSR count). The van der Waals surface area contributed by atoms with E-state index in [1.807, 2.05) is 16.9 Å². The predicted octanol–water partition coefficient (Wildman–Crippen LogP) is 4.34. The molecular formula is C38H46N5O9S-. The molecule has 1 heterocycles. The second-order valence-corrected chi connectivity index (χ2v) is 16.2. The Kier molecular flexibility index (Phi) is 11.5. The third-order valence-corrected chi connectivity index (χ3v) is 12.6. The van der Waals surface area contributed by atoms with Crippen molar-refractivity contribution in [3.63, 3.8) is 0 Å². The SMILES string of the molecule is COc1cc(CCCN2CCOCC2)ccc1-c1ccc(C(=O)NS(=O)(=O)c2ccc(NCC34CCC(CNC(=O)[O-])(CC3)CC4)c([N+](=O)[O-])c2)cc1. The number of morpholine rings is 1. The average molecular weight is 749 g/mol. The van der Waals surface area contributed by atoms with Crippen LogP contribution in [0.2, 0.25) is 0 Å². The average Bonchev–Trinajstić information content (AvgIpc) is 3.17. The minimum Gasteiger partial charge on any atom is -0.530 e. The molecule has 284 valence electrons. The number of nitro benzene ring substituents is 1. The molecule has 1 aliphatic heterocycles. The van der Waals surface area contributed by atoms with Crippen molar-refractivity contribution in [2.75, 3.05) is 58.4 Å². The zero-order chi connectivity index (χ0) is 37.6. The zero-order valence-corrected chi connectivity index (χ0v) is 30.7. The summed E-state index contributed by atoms with van der Waals surface area (Å²) >= 11 is 0. The van der Waals surface area contributed by atoms with Gasteiger partial charge in [0.1, 0.15) is 17.5 Å². The first-order valence-electron chi connectivity index (χ1n) is 18.0. The quantitative estimate of drug-likeness (QED) is 0.148. The maximum absolute atomic E-state index is 13.3. The highest BCUT2D eigenvalue weighted by molar-refractivity contribution is 7.90. The van der Waals surface area contributed by atoms with Crippen LogP contribution in [0.1, 0.15) is 60.9 Å². The van der Waals surface area contributed by atoms with Crippen molar-refractivity contribution in [2.45, 2.75) is 56.3 Å². The van der Waals surface area contributed by atoms with Crippen LogP contribution in [0.5, 0.6) is 5.75 Å². The highest BCUT2D eigenvalue weighted by atomic mass is 32.2. The van der Waals surface area contributed by atoms with Crippen LogP contribution in [0.25, 0.3) is 11.1 Å². The van der Waals surface area contributed by atoms with Gasteiger partial charge in [-0.25, -0.2) is 13.1 Å². The Morgan fingerprint density at radius 1 is 0.925 bits per heavy atom. The number of carbonyl (C=O) groups is 2. The van der Waals surface area contributed by atoms with Crippen LogP contribution in [0.4, 0.5) is 16.2 Å². The van der Waals surface area contributed by atoms with Gasteiger partial charge >= 0.3 is 0 Å². The first kappa shape index (κ1) is 38.0. The van der Waals surface area contributed by atoms with E-state index < -0.39 is 37.5 Å². The van der Waals surface area contributed by atoms with Gasteiger partial charge < -0.3 is 30.0 Å². The van der Waals surface area contributed by atoms with Gasteiger partial charge in [-0.1, -0.05) is 24.3 Å². The molecule has 3 aromatic rings. The summed E-state index contributed by atoms with van der Waals surface area (Å²) in [5.74, 6) is -0.181. The number of sulfonamides is 1. The molecule has 0 aromatic heterocycles. The number of hydrogen-bond acceptors (Lipinski definition) is 11. The fourth-order valence-corrected chi connectivity index (χ4v) is 8.89. The molecule has 3 saturated carbocycles. The number of amides is 2. The van der Waals surface area contributed by atoms with Gasteiger partial charge in [0.05, 0.1) is 30.1 Å². The van der Waals surface area contributed by atoms with Gasteiger partial charge in [-0.05, 0) is 110 Å². The molecule has 3 aromatic carbocycles. The third kappa shape index (κ3) is 9.08. The standard InChI is InChI=1S/C38H47N5O9S/c1-51-34-23-27(3-2-18-42-19-21-52-22-20-42)4-10-31(34)28-5-7-29(8-6-28)35(44)41-53(49,50)30-9-11-32(33(24-30)43(47)48)39-25-37-12-15-38(16-13-37,17-14-37)26-40-36(45)46/h4-11,23-24,39-40H,2-3,12-22,25-26H2,1H3,(H,41,44)(H,45,46)/p-1. The lowest BCUT2D eigenvalue weighted by molar-refractivity contribution is -0.384. The van der Waals surface area contributed by atoms with E-state index in [1.54, 1.807) is 19.2 Å². The fraction of sp³-hybridized carbons (Fsp3) is 0.474. The molecule has 1 saturated heterocycles. The van der Waals surface area contributed by atoms with Crippen molar-refractivity contribution in [1.29, 1.82) is 0 Å². The number of benzene rings is 3. The number of nitrogens with one attached hydrogen (secondary N) is 3. The predicted molar refractivity (Wildman–Crippen MR) is 196 cm³/mol. The summed E-state index contributed by atoms with van der Waals surface area (Å²) in [5.41, 5.74) is 2.45. The van der Waals surface area contributed by atoms with Crippen molar-refractivity contribution in [3.05, 3.63) is 81.9 Å². The van der Waals surface area contributed by atoms with E-state index >= 15 is 0 Å². The third-order valence-electron chi connectivity index (χ3n) is 11.3. The molecule has 3 aliphatic carbocycles. The van der Waals surface area contributed by atoms with E-state index in [-0.39, 0.29) is 22.1 Å². The second-order valence-electron chi connectivity index (χ2n) is 14.5. The van der Waals surface area contributed by atoms with E-state index in [2.05, 4.69) is 21.6 Å². The number of nitrogens with zero attached hydrogens (tertiary/aromatic N) is 2. The summed E-state index contributed by atoms with van der Waals surface area (Å²) in [7, 11) is -2.84. The number of carboxylic acid groups (broad SMARTS) is 1. The summed E-state index contributed by atoms with van der Waals surface area (Å²) < 4.78 is 39.7. The Balaban J connectivity index is 1.06. The van der Waals surface area contributed by atoms with Crippen LogP contribution in [0.3, 0.4) is 0 Å². The zero-order valence-electron chi connectivity index (χ0n) is 29.9. The first-order valence-corrected chi connectivity index (χ1v) is 19.5. The molecule has 2 bridgehead atoms. The van der Waals surface area contributed by atoms with Gasteiger partial charge in [-0.15, -0.1) is 0 Å². The molecule has 2 amide bonds. The summed E-state index contributed by atoms with van der Waals surface area (Å²) in [6, 6.07) is 16.1. The van der Waals surface area contributed by atoms with E-state index in [1.165, 1.54) is 24.3 Å². The van der Waals surface area contributed by atoms with Crippen LogP contribution in [-0.4, -0.2) is 83.3 Å². The molecule has 4 aliphatic rings. The first-order chi connectivity index (χ1) is 25.4. The highest BCUT2D eigenvalue weighted by Gasteiger charge is 2.48. The number of fused-ring (bicyclic) bond motifs is 3. The lowest BCUT2D eigenvalue weighted by Crippen LogP contribution is -2.51. The molecule has 0 unspecified atom stereocenters. The van der Waals surface area contributed by atoms with Crippen molar-refractivity contribution in [2.24, 2.45) is 10.8 Å². The van der Waals surface area contributed by atoms with Crippen molar-refractivity contribution >= 4 is 33.4 Å². The normalized spacial score (nSPS) is 21.5. The maximum atomic E-state index is 13.3. The van der Waals surface area contributed by atoms with Crippen LogP contribution < -0.4 is 25.2 Å². The van der Waals surface area contributed by atoms with Crippen molar-refractivity contribution in [1.82, 2.24) is 14.9 Å². The number of ether oxygens (including phenoxy) is 2. The number of methoxy groups -OCH3 is 1. The molecule has 15 heteroatoms. The Hall–Kier alpha value is -4.73. The molecule has 0 atom stereocenters. The minimum absolute atomic E-state index is 0.0838. The summed E-state index contributed by atoms with van der Waals surface area (Å²) in [4.78, 5) is 37.4. The molecular weight excluding hydrogens is 703 g/mol. The summed E-state index contributed by atoms with van der Waals surface area (Å²) in [6.45, 7) is 5.29. The number of aryl methyl sites for hydroxylation is 1. The van der Waals surface area contributed by atoms with E-state index in [0.29, 0.717) is 18.8 Å². The number of hydrogen-bond donors (Lipinski definition) is 3. The topological polar surface area (TPSA) is 192 Å². The van der Waals surface area contributed by atoms with E-state index in [9.17, 15) is 33.2 Å². The molecule has 0 radical (unpaired) electrons. The van der Waals surface area contributed by atoms with Gasteiger partial charge in [-0.3, -0.25) is 19.8 Å². The molecule has 0 spiro atoms. The van der Waals surface area contributed by atoms with Crippen molar-refractivity contribution in [3.8, 4) is 16.9 Å². The van der Waals surface area contributed by atoms with Gasteiger partial charge in [0.2, 0.25) is 0 Å². The Morgan fingerprint density at radius 3 is 2.21 bits per heavy atom. The van der Waals surface area contributed by atoms with E-state index in [4.69, 9.17) is 9.47 Å². The van der Waals surface area contributed by atoms with Gasteiger partial charge in [0.25, 0.3) is 21.6 Å². The van der Waals surface area contributed by atoms with Gasteiger partial charge in [-0.2, -0.15) is 0 Å². The lowest BCUT2D eigenvalue weighted by atomic mass is 9.53. The fourth-order valence-electron chi connectivity index (χ4n) is 7.90. The second kappa shape index (κ2) is 16.1. The highest BCUT2D eigenvalue weighted by Crippen LogP contribution is 2.56. The van der Waals surface area contributed by atoms with Crippen LogP contribution in [0, 0.1) is 20.9 Å².